The molecule has 1 nitrogen and oxygen atoms in total. The summed E-state index contributed by atoms with van der Waals surface area (Å²) in [5.41, 5.74) is 5.38. The van der Waals surface area contributed by atoms with Crippen molar-refractivity contribution in [2.24, 2.45) is 0 Å². The Bertz CT molecular complexity index is 203. The molecule has 0 radical (unpaired) electrons. The minimum absolute atomic E-state index is 0. The standard InChI is InChI=1S/C8H13N.BrH/c1-5-6(2)8(4)9-7(5)3;/h9H,1-4H3;1H. The van der Waals surface area contributed by atoms with Crippen LogP contribution in [0, 0.1) is 27.7 Å². The monoisotopic (exact) mass is 203 g/mol. The predicted octanol–water partition coefficient (Wildman–Crippen LogP) is 2.83. The first-order chi connectivity index (χ1) is 4.13. The Balaban J connectivity index is 0.000000810. The molecule has 0 spiro atoms. The van der Waals surface area contributed by atoms with Gasteiger partial charge in [0.15, 0.2) is 0 Å². The van der Waals surface area contributed by atoms with Gasteiger partial charge in [0.1, 0.15) is 0 Å². The van der Waals surface area contributed by atoms with Crippen LogP contribution < -0.4 is 0 Å². The third kappa shape index (κ3) is 1.43. The summed E-state index contributed by atoms with van der Waals surface area (Å²) in [6.07, 6.45) is 0. The summed E-state index contributed by atoms with van der Waals surface area (Å²) in [7, 11) is 0. The maximum Gasteiger partial charge on any atom is 0.0150 e. The van der Waals surface area contributed by atoms with Crippen molar-refractivity contribution in [3.05, 3.63) is 22.5 Å². The quantitative estimate of drug-likeness (QED) is 0.668. The summed E-state index contributed by atoms with van der Waals surface area (Å²) in [6.45, 7) is 8.51. The number of aromatic amines is 1. The van der Waals surface area contributed by atoms with Crippen LogP contribution in [0.25, 0.3) is 0 Å². The van der Waals surface area contributed by atoms with Gasteiger partial charge in [0.05, 0.1) is 0 Å². The van der Waals surface area contributed by atoms with Crippen LogP contribution in [-0.2, 0) is 0 Å². The summed E-state index contributed by atoms with van der Waals surface area (Å²) in [5.74, 6) is 0. The number of nitrogens with one attached hydrogen (secondary N) is 1. The maximum atomic E-state index is 3.28. The fraction of sp³-hybridized carbons (Fsp3) is 0.500. The van der Waals surface area contributed by atoms with Crippen LogP contribution in [0.5, 0.6) is 0 Å². The Morgan fingerprint density at radius 1 is 0.800 bits per heavy atom. The molecule has 0 unspecified atom stereocenters. The minimum atomic E-state index is 0. The molecule has 0 saturated carbocycles. The zero-order valence-electron chi connectivity index (χ0n) is 6.91. The van der Waals surface area contributed by atoms with Gasteiger partial charge >= 0.3 is 0 Å². The molecule has 1 aromatic rings. The zero-order chi connectivity index (χ0) is 7.02. The van der Waals surface area contributed by atoms with E-state index in [9.17, 15) is 0 Å². The fourth-order valence-electron chi connectivity index (χ4n) is 1.03. The van der Waals surface area contributed by atoms with Crippen molar-refractivity contribution in [1.82, 2.24) is 4.98 Å². The van der Waals surface area contributed by atoms with E-state index < -0.39 is 0 Å². The second-order valence-electron chi connectivity index (χ2n) is 2.62. The predicted molar refractivity (Wildman–Crippen MR) is 50.1 cm³/mol. The van der Waals surface area contributed by atoms with E-state index in [0.717, 1.165) is 0 Å². The van der Waals surface area contributed by atoms with Crippen molar-refractivity contribution in [1.29, 1.82) is 0 Å². The first-order valence-corrected chi connectivity index (χ1v) is 3.25. The van der Waals surface area contributed by atoms with Crippen LogP contribution in [-0.4, -0.2) is 4.98 Å². The van der Waals surface area contributed by atoms with Crippen molar-refractivity contribution >= 4 is 17.0 Å². The molecule has 0 saturated heterocycles. The summed E-state index contributed by atoms with van der Waals surface area (Å²) >= 11 is 0. The number of hydrogen-bond acceptors (Lipinski definition) is 0. The van der Waals surface area contributed by atoms with Crippen LogP contribution in [0.2, 0.25) is 0 Å². The molecular formula is C8H14BrN. The molecule has 0 amide bonds. The molecule has 10 heavy (non-hydrogen) atoms. The van der Waals surface area contributed by atoms with Gasteiger partial charge in [-0.15, -0.1) is 17.0 Å². The highest BCUT2D eigenvalue weighted by Crippen LogP contribution is 2.14. The van der Waals surface area contributed by atoms with E-state index in [1.807, 2.05) is 0 Å². The third-order valence-corrected chi connectivity index (χ3v) is 2.06. The second-order valence-corrected chi connectivity index (χ2v) is 2.62. The van der Waals surface area contributed by atoms with Crippen LogP contribution in [0.1, 0.15) is 22.5 Å². The molecule has 0 atom stereocenters. The lowest BCUT2D eigenvalue weighted by atomic mass is 10.2. The molecule has 0 bridgehead atoms. The number of aryl methyl sites for hydroxylation is 2. The highest BCUT2D eigenvalue weighted by molar-refractivity contribution is 8.93. The Morgan fingerprint density at radius 2 is 1.10 bits per heavy atom. The number of H-pyrrole nitrogens is 1. The zero-order valence-corrected chi connectivity index (χ0v) is 8.62. The molecule has 1 N–H and O–H groups in total. The Morgan fingerprint density at radius 3 is 1.20 bits per heavy atom. The van der Waals surface area contributed by atoms with E-state index in [1.54, 1.807) is 0 Å². The Labute approximate surface area is 72.6 Å². The van der Waals surface area contributed by atoms with E-state index >= 15 is 0 Å². The van der Waals surface area contributed by atoms with Gasteiger partial charge in [-0.3, -0.25) is 0 Å². The molecular weight excluding hydrogens is 190 g/mol. The lowest BCUT2D eigenvalue weighted by molar-refractivity contribution is 1.17. The van der Waals surface area contributed by atoms with Crippen LogP contribution in [0.15, 0.2) is 0 Å². The number of rotatable bonds is 0. The summed E-state index contributed by atoms with van der Waals surface area (Å²) in [4.78, 5) is 3.28. The fourth-order valence-corrected chi connectivity index (χ4v) is 1.03. The Kier molecular flexibility index (Phi) is 3.16. The third-order valence-electron chi connectivity index (χ3n) is 2.06. The van der Waals surface area contributed by atoms with Crippen LogP contribution in [0.3, 0.4) is 0 Å². The smallest absolute Gasteiger partial charge is 0.0150 e. The van der Waals surface area contributed by atoms with E-state index in [1.165, 1.54) is 22.5 Å². The van der Waals surface area contributed by atoms with Crippen LogP contribution >= 0.6 is 17.0 Å². The van der Waals surface area contributed by atoms with Crippen molar-refractivity contribution < 1.29 is 0 Å². The normalized spacial score (nSPS) is 9.20. The molecule has 0 aliphatic rings. The average Bonchev–Trinajstić information content (AvgIpc) is 1.98. The maximum absolute atomic E-state index is 3.28. The highest BCUT2D eigenvalue weighted by atomic mass is 79.9. The lowest BCUT2D eigenvalue weighted by Gasteiger charge is -1.88. The molecule has 0 fully saturated rings. The van der Waals surface area contributed by atoms with Gasteiger partial charge in [-0.25, -0.2) is 0 Å². The summed E-state index contributed by atoms with van der Waals surface area (Å²) in [6, 6.07) is 0. The van der Waals surface area contributed by atoms with Crippen molar-refractivity contribution in [3.63, 3.8) is 0 Å². The van der Waals surface area contributed by atoms with Gasteiger partial charge < -0.3 is 4.98 Å². The van der Waals surface area contributed by atoms with E-state index in [0.29, 0.717) is 0 Å². The summed E-state index contributed by atoms with van der Waals surface area (Å²) < 4.78 is 0. The number of hydrogen-bond donors (Lipinski definition) is 1. The van der Waals surface area contributed by atoms with Gasteiger partial charge in [-0.2, -0.15) is 0 Å². The van der Waals surface area contributed by atoms with Gasteiger partial charge in [0.2, 0.25) is 0 Å². The minimum Gasteiger partial charge on any atom is -0.362 e. The van der Waals surface area contributed by atoms with Crippen molar-refractivity contribution in [3.8, 4) is 0 Å². The SMILES string of the molecule is Br.Cc1[nH]c(C)c(C)c1C. The van der Waals surface area contributed by atoms with Crippen molar-refractivity contribution in [2.45, 2.75) is 27.7 Å². The van der Waals surface area contributed by atoms with Crippen molar-refractivity contribution in [2.75, 3.05) is 0 Å². The number of aromatic nitrogens is 1. The topological polar surface area (TPSA) is 15.8 Å². The van der Waals surface area contributed by atoms with Crippen LogP contribution in [0.4, 0.5) is 0 Å². The average molecular weight is 204 g/mol. The van der Waals surface area contributed by atoms with E-state index in [-0.39, 0.29) is 17.0 Å². The molecule has 0 aliphatic heterocycles. The second kappa shape index (κ2) is 3.24. The molecule has 1 heterocycles. The van der Waals surface area contributed by atoms with Gasteiger partial charge in [0, 0.05) is 11.4 Å². The van der Waals surface area contributed by atoms with E-state index in [2.05, 4.69) is 32.7 Å². The highest BCUT2D eigenvalue weighted by Gasteiger charge is 2.00. The first-order valence-electron chi connectivity index (χ1n) is 3.25. The van der Waals surface area contributed by atoms with Gasteiger partial charge in [-0.1, -0.05) is 0 Å². The molecule has 0 aromatic carbocycles. The first kappa shape index (κ1) is 9.76. The summed E-state index contributed by atoms with van der Waals surface area (Å²) in [5, 5.41) is 0. The largest absolute Gasteiger partial charge is 0.362 e. The van der Waals surface area contributed by atoms with E-state index in [4.69, 9.17) is 0 Å². The Hall–Kier alpha value is -0.240. The molecule has 0 aliphatic carbocycles. The van der Waals surface area contributed by atoms with Gasteiger partial charge in [-0.05, 0) is 38.8 Å². The molecule has 1 rings (SSSR count). The molecule has 58 valence electrons. The van der Waals surface area contributed by atoms with Gasteiger partial charge in [0.25, 0.3) is 0 Å². The number of halogens is 1. The molecule has 1 aromatic heterocycles. The lowest BCUT2D eigenvalue weighted by Crippen LogP contribution is -1.73. The molecule has 2 heteroatoms.